The van der Waals surface area contributed by atoms with E-state index < -0.39 is 0 Å². The molecule has 0 aliphatic carbocycles. The summed E-state index contributed by atoms with van der Waals surface area (Å²) in [6.45, 7) is 2.63. The van der Waals surface area contributed by atoms with Gasteiger partial charge in [0.25, 0.3) is 0 Å². The minimum atomic E-state index is -0.00231. The average molecular weight is 279 g/mol. The lowest BCUT2D eigenvalue weighted by molar-refractivity contribution is -0.116. The Hall–Kier alpha value is -2.62. The van der Waals surface area contributed by atoms with Gasteiger partial charge >= 0.3 is 0 Å². The minimum Gasteiger partial charge on any atom is -0.326 e. The van der Waals surface area contributed by atoms with Crippen LogP contribution in [0, 0.1) is 6.92 Å². The van der Waals surface area contributed by atoms with Crippen LogP contribution >= 0.6 is 0 Å². The van der Waals surface area contributed by atoms with E-state index in [0.29, 0.717) is 13.0 Å². The maximum atomic E-state index is 12.0. The largest absolute Gasteiger partial charge is 0.326 e. The fourth-order valence-electron chi connectivity index (χ4n) is 2.31. The maximum Gasteiger partial charge on any atom is 0.226 e. The van der Waals surface area contributed by atoms with E-state index in [1.54, 1.807) is 0 Å². The average Bonchev–Trinajstić information content (AvgIpc) is 2.88. The van der Waals surface area contributed by atoms with Crippen molar-refractivity contribution < 1.29 is 4.79 Å². The number of carbonyl (C=O) groups excluding carboxylic acids is 1. The zero-order valence-corrected chi connectivity index (χ0v) is 11.9. The van der Waals surface area contributed by atoms with Crippen molar-refractivity contribution in [2.45, 2.75) is 19.9 Å². The Kier molecular flexibility index (Phi) is 3.69. The summed E-state index contributed by atoms with van der Waals surface area (Å²) >= 11 is 0. The molecule has 21 heavy (non-hydrogen) atoms. The molecule has 0 spiro atoms. The first-order valence-corrected chi connectivity index (χ1v) is 6.99. The summed E-state index contributed by atoms with van der Waals surface area (Å²) in [5.74, 6) is -0.00231. The first-order chi connectivity index (χ1) is 10.2. The third-order valence-electron chi connectivity index (χ3n) is 3.41. The summed E-state index contributed by atoms with van der Waals surface area (Å²) in [5.41, 5.74) is 3.09. The molecule has 0 aliphatic heterocycles. The van der Waals surface area contributed by atoms with Crippen LogP contribution in [0.1, 0.15) is 12.0 Å². The third kappa shape index (κ3) is 3.11. The Bertz CT molecular complexity index is 762. The van der Waals surface area contributed by atoms with Gasteiger partial charge in [-0.3, -0.25) is 9.48 Å². The molecule has 1 heterocycles. The van der Waals surface area contributed by atoms with Crippen LogP contribution in [0.15, 0.2) is 54.7 Å². The molecule has 1 N–H and O–H groups in total. The normalized spacial score (nSPS) is 10.7. The molecule has 106 valence electrons. The van der Waals surface area contributed by atoms with Crippen molar-refractivity contribution >= 4 is 22.5 Å². The highest BCUT2D eigenvalue weighted by Gasteiger charge is 2.06. The van der Waals surface area contributed by atoms with Crippen molar-refractivity contribution in [1.82, 2.24) is 9.78 Å². The number of rotatable bonds is 4. The van der Waals surface area contributed by atoms with Gasteiger partial charge in [-0.15, -0.1) is 0 Å². The van der Waals surface area contributed by atoms with E-state index in [0.717, 1.165) is 16.6 Å². The van der Waals surface area contributed by atoms with Gasteiger partial charge in [0.2, 0.25) is 5.91 Å². The molecule has 1 amide bonds. The van der Waals surface area contributed by atoms with Gasteiger partial charge in [0, 0.05) is 17.5 Å². The summed E-state index contributed by atoms with van der Waals surface area (Å²) < 4.78 is 1.88. The molecule has 4 heteroatoms. The number of fused-ring (bicyclic) bond motifs is 1. The number of carbonyl (C=O) groups is 1. The van der Waals surface area contributed by atoms with Gasteiger partial charge in [-0.1, -0.05) is 30.3 Å². The Balaban J connectivity index is 1.66. The standard InChI is InChI=1S/C17H17N3O/c1-13-7-8-14-12-18-20(16(14)11-13)10-9-17(21)19-15-5-3-2-4-6-15/h2-8,11-12H,9-10H2,1H3,(H,19,21). The van der Waals surface area contributed by atoms with E-state index in [-0.39, 0.29) is 5.91 Å². The second-order valence-corrected chi connectivity index (χ2v) is 5.09. The van der Waals surface area contributed by atoms with Gasteiger partial charge in [0.1, 0.15) is 0 Å². The molecule has 0 atom stereocenters. The zero-order chi connectivity index (χ0) is 14.7. The highest BCUT2D eigenvalue weighted by atomic mass is 16.1. The second kappa shape index (κ2) is 5.79. The number of hydrogen-bond donors (Lipinski definition) is 1. The van der Waals surface area contributed by atoms with Gasteiger partial charge in [-0.05, 0) is 30.7 Å². The number of para-hydroxylation sites is 1. The predicted octanol–water partition coefficient (Wildman–Crippen LogP) is 3.37. The molecule has 4 nitrogen and oxygen atoms in total. The topological polar surface area (TPSA) is 46.9 Å². The molecule has 2 aromatic carbocycles. The van der Waals surface area contributed by atoms with E-state index in [4.69, 9.17) is 0 Å². The summed E-state index contributed by atoms with van der Waals surface area (Å²) in [7, 11) is 0. The Morgan fingerprint density at radius 3 is 2.81 bits per heavy atom. The molecular weight excluding hydrogens is 262 g/mol. The van der Waals surface area contributed by atoms with Crippen LogP contribution < -0.4 is 5.32 Å². The fourth-order valence-corrected chi connectivity index (χ4v) is 2.31. The minimum absolute atomic E-state index is 0.00231. The molecule has 0 saturated carbocycles. The van der Waals surface area contributed by atoms with E-state index in [1.807, 2.05) is 41.2 Å². The van der Waals surface area contributed by atoms with Crippen molar-refractivity contribution in [3.63, 3.8) is 0 Å². The Morgan fingerprint density at radius 2 is 2.00 bits per heavy atom. The van der Waals surface area contributed by atoms with Gasteiger partial charge < -0.3 is 5.32 Å². The van der Waals surface area contributed by atoms with E-state index in [9.17, 15) is 4.79 Å². The van der Waals surface area contributed by atoms with Crippen LogP contribution in [0.2, 0.25) is 0 Å². The molecule has 0 bridgehead atoms. The Morgan fingerprint density at radius 1 is 1.19 bits per heavy atom. The maximum absolute atomic E-state index is 12.0. The Labute approximate surface area is 123 Å². The number of benzene rings is 2. The number of nitrogens with one attached hydrogen (secondary N) is 1. The van der Waals surface area contributed by atoms with Gasteiger partial charge in [0.15, 0.2) is 0 Å². The van der Waals surface area contributed by atoms with Crippen LogP contribution in [0.4, 0.5) is 5.69 Å². The van der Waals surface area contributed by atoms with Crippen LogP contribution in [0.3, 0.4) is 0 Å². The summed E-state index contributed by atoms with van der Waals surface area (Å²) in [6.07, 6.45) is 2.24. The van der Waals surface area contributed by atoms with Crippen molar-refractivity contribution in [3.05, 3.63) is 60.3 Å². The summed E-state index contributed by atoms with van der Waals surface area (Å²) in [5, 5.41) is 8.34. The predicted molar refractivity (Wildman–Crippen MR) is 84.2 cm³/mol. The van der Waals surface area contributed by atoms with E-state index in [1.165, 1.54) is 5.56 Å². The number of aromatic nitrogens is 2. The number of hydrogen-bond acceptors (Lipinski definition) is 2. The summed E-state index contributed by atoms with van der Waals surface area (Å²) in [4.78, 5) is 12.0. The number of aryl methyl sites for hydroxylation is 2. The molecule has 1 aromatic heterocycles. The van der Waals surface area contributed by atoms with Gasteiger partial charge in [-0.2, -0.15) is 5.10 Å². The lowest BCUT2D eigenvalue weighted by Gasteiger charge is -2.06. The SMILES string of the molecule is Cc1ccc2cnn(CCC(=O)Nc3ccccc3)c2c1. The molecule has 3 aromatic rings. The molecule has 0 aliphatic rings. The number of nitrogens with zero attached hydrogens (tertiary/aromatic N) is 2. The van der Waals surface area contributed by atoms with Crippen LogP contribution in [-0.2, 0) is 11.3 Å². The van der Waals surface area contributed by atoms with Crippen LogP contribution in [0.25, 0.3) is 10.9 Å². The quantitative estimate of drug-likeness (QED) is 0.796. The molecular formula is C17H17N3O. The second-order valence-electron chi connectivity index (χ2n) is 5.09. The zero-order valence-electron chi connectivity index (χ0n) is 11.9. The summed E-state index contributed by atoms with van der Waals surface area (Å²) in [6, 6.07) is 15.7. The highest BCUT2D eigenvalue weighted by molar-refractivity contribution is 5.90. The number of amides is 1. The molecule has 0 radical (unpaired) electrons. The molecule has 0 unspecified atom stereocenters. The van der Waals surface area contributed by atoms with Crippen molar-refractivity contribution in [2.24, 2.45) is 0 Å². The highest BCUT2D eigenvalue weighted by Crippen LogP contribution is 2.15. The molecule has 0 fully saturated rings. The molecule has 0 saturated heterocycles. The monoisotopic (exact) mass is 279 g/mol. The van der Waals surface area contributed by atoms with E-state index in [2.05, 4.69) is 35.5 Å². The molecule has 3 rings (SSSR count). The third-order valence-corrected chi connectivity index (χ3v) is 3.41. The first kappa shape index (κ1) is 13.4. The van der Waals surface area contributed by atoms with Crippen LogP contribution in [0.5, 0.6) is 0 Å². The van der Waals surface area contributed by atoms with Crippen molar-refractivity contribution in [1.29, 1.82) is 0 Å². The van der Waals surface area contributed by atoms with Crippen molar-refractivity contribution in [2.75, 3.05) is 5.32 Å². The lowest BCUT2D eigenvalue weighted by Crippen LogP contribution is -2.14. The smallest absolute Gasteiger partial charge is 0.226 e. The van der Waals surface area contributed by atoms with Gasteiger partial charge in [0.05, 0.1) is 18.3 Å². The fraction of sp³-hybridized carbons (Fsp3) is 0.176. The first-order valence-electron chi connectivity index (χ1n) is 6.99. The van der Waals surface area contributed by atoms with E-state index >= 15 is 0 Å². The van der Waals surface area contributed by atoms with Gasteiger partial charge in [-0.25, -0.2) is 0 Å². The van der Waals surface area contributed by atoms with Crippen molar-refractivity contribution in [3.8, 4) is 0 Å². The number of anilines is 1. The lowest BCUT2D eigenvalue weighted by atomic mass is 10.2. The van der Waals surface area contributed by atoms with Crippen LogP contribution in [-0.4, -0.2) is 15.7 Å².